The average molecular weight is 522 g/mol. The van der Waals surface area contributed by atoms with Gasteiger partial charge >= 0.3 is 0 Å². The number of nitrogens with one attached hydrogen (secondary N) is 1. The number of likely N-dealkylation sites (tertiary alicyclic amines) is 1. The van der Waals surface area contributed by atoms with Crippen LogP contribution in [0, 0.1) is 13.8 Å². The molecule has 1 saturated heterocycles. The zero-order valence-corrected chi connectivity index (χ0v) is 22.8. The van der Waals surface area contributed by atoms with E-state index in [1.54, 1.807) is 26.6 Å². The fraction of sp³-hybridized carbons (Fsp3) is 0.357. The van der Waals surface area contributed by atoms with Crippen LogP contribution < -0.4 is 10.1 Å². The van der Waals surface area contributed by atoms with Gasteiger partial charge in [0.15, 0.2) is 0 Å². The molecular weight excluding hydrogens is 486 g/mol. The number of ether oxygens (including phenoxy) is 1. The van der Waals surface area contributed by atoms with Crippen LogP contribution in [0.15, 0.2) is 53.7 Å². The van der Waals surface area contributed by atoms with Gasteiger partial charge in [0, 0.05) is 43.8 Å². The molecule has 1 aliphatic heterocycles. The van der Waals surface area contributed by atoms with Crippen molar-refractivity contribution in [2.75, 3.05) is 45.7 Å². The first-order valence-electron chi connectivity index (χ1n) is 12.5. The summed E-state index contributed by atoms with van der Waals surface area (Å²) in [6, 6.07) is 11.4. The fourth-order valence-corrected chi connectivity index (χ4v) is 6.11. The largest absolute Gasteiger partial charge is 0.497 e. The summed E-state index contributed by atoms with van der Waals surface area (Å²) in [7, 11) is -0.282. The van der Waals surface area contributed by atoms with Gasteiger partial charge in [-0.15, -0.1) is 0 Å². The Bertz CT molecular complexity index is 1330. The summed E-state index contributed by atoms with van der Waals surface area (Å²) in [5.41, 5.74) is 4.00. The van der Waals surface area contributed by atoms with Crippen molar-refractivity contribution in [3.63, 3.8) is 0 Å². The van der Waals surface area contributed by atoms with Crippen LogP contribution in [-0.2, 0) is 10.0 Å². The summed E-state index contributed by atoms with van der Waals surface area (Å²) in [5.74, 6) is 1.24. The molecule has 0 saturated carbocycles. The lowest BCUT2D eigenvalue weighted by atomic mass is 10.1. The van der Waals surface area contributed by atoms with Crippen molar-refractivity contribution in [1.29, 1.82) is 0 Å². The highest BCUT2D eigenvalue weighted by Gasteiger charge is 2.26. The molecule has 1 N–H and O–H groups in total. The van der Waals surface area contributed by atoms with Crippen molar-refractivity contribution in [1.82, 2.24) is 19.2 Å². The first-order valence-corrected chi connectivity index (χ1v) is 13.9. The molecule has 0 aliphatic carbocycles. The normalized spacial score (nSPS) is 14.5. The Labute approximate surface area is 220 Å². The Morgan fingerprint density at radius 2 is 1.68 bits per heavy atom. The standard InChI is InChI=1S/C28H35N5O3S/c1-21-16-25(17-22(2)27(21)37(34,35)32(3)14-15-33-12-5-6-13-33)31-28-29-19-24(20-30-28)11-10-23-8-7-9-26(18-23)36-4/h7-11,16-20H,5-6,12-15H2,1-4H3,(H,29,30,31). The first-order chi connectivity index (χ1) is 17.8. The molecule has 0 radical (unpaired) electrons. The molecule has 9 heteroatoms. The Balaban J connectivity index is 1.43. The molecule has 2 heterocycles. The highest BCUT2D eigenvalue weighted by atomic mass is 32.2. The SMILES string of the molecule is COc1cccc(C=Cc2cnc(Nc3cc(C)c(S(=O)(=O)N(C)CCN4CCCC4)c(C)c3)nc2)c1. The van der Waals surface area contributed by atoms with Gasteiger partial charge < -0.3 is 15.0 Å². The molecule has 1 fully saturated rings. The number of hydrogen-bond donors (Lipinski definition) is 1. The van der Waals surface area contributed by atoms with Crippen LogP contribution >= 0.6 is 0 Å². The maximum absolute atomic E-state index is 13.3. The molecule has 0 atom stereocenters. The number of methoxy groups -OCH3 is 1. The Morgan fingerprint density at radius 1 is 1.03 bits per heavy atom. The quantitative estimate of drug-likeness (QED) is 0.413. The van der Waals surface area contributed by atoms with Crippen LogP contribution in [0.1, 0.15) is 35.1 Å². The number of aryl methyl sites for hydroxylation is 2. The molecule has 37 heavy (non-hydrogen) atoms. The zero-order valence-electron chi connectivity index (χ0n) is 21.9. The van der Waals surface area contributed by atoms with E-state index in [0.29, 0.717) is 28.5 Å². The second-order valence-corrected chi connectivity index (χ2v) is 11.4. The third kappa shape index (κ3) is 6.74. The molecule has 1 aliphatic rings. The zero-order chi connectivity index (χ0) is 26.4. The molecule has 2 aromatic carbocycles. The lowest BCUT2D eigenvalue weighted by Crippen LogP contribution is -2.35. The number of likely N-dealkylation sites (N-methyl/N-ethyl adjacent to an activating group) is 1. The van der Waals surface area contributed by atoms with Crippen molar-refractivity contribution in [3.8, 4) is 5.75 Å². The molecule has 0 unspecified atom stereocenters. The third-order valence-corrected chi connectivity index (χ3v) is 8.71. The number of nitrogens with zero attached hydrogens (tertiary/aromatic N) is 4. The van der Waals surface area contributed by atoms with E-state index in [4.69, 9.17) is 4.74 Å². The van der Waals surface area contributed by atoms with E-state index in [2.05, 4.69) is 20.2 Å². The van der Waals surface area contributed by atoms with Crippen molar-refractivity contribution < 1.29 is 13.2 Å². The van der Waals surface area contributed by atoms with Gasteiger partial charge in [0.05, 0.1) is 12.0 Å². The predicted molar refractivity (Wildman–Crippen MR) is 149 cm³/mol. The van der Waals surface area contributed by atoms with Crippen LogP contribution in [0.4, 0.5) is 11.6 Å². The summed E-state index contributed by atoms with van der Waals surface area (Å²) in [6.07, 6.45) is 9.76. The number of aromatic nitrogens is 2. The smallest absolute Gasteiger partial charge is 0.243 e. The Kier molecular flexibility index (Phi) is 8.58. The lowest BCUT2D eigenvalue weighted by Gasteiger charge is -2.23. The van der Waals surface area contributed by atoms with Crippen LogP contribution in [-0.4, -0.2) is 67.9 Å². The van der Waals surface area contributed by atoms with Gasteiger partial charge in [-0.3, -0.25) is 0 Å². The minimum atomic E-state index is -3.59. The molecule has 0 amide bonds. The van der Waals surface area contributed by atoms with E-state index in [9.17, 15) is 8.42 Å². The van der Waals surface area contributed by atoms with Crippen LogP contribution in [0.2, 0.25) is 0 Å². The van der Waals surface area contributed by atoms with Gasteiger partial charge in [-0.2, -0.15) is 4.31 Å². The second kappa shape index (κ2) is 11.9. The van der Waals surface area contributed by atoms with E-state index in [0.717, 1.165) is 42.2 Å². The summed E-state index contributed by atoms with van der Waals surface area (Å²) in [6.45, 7) is 6.99. The van der Waals surface area contributed by atoms with E-state index in [-0.39, 0.29) is 0 Å². The van der Waals surface area contributed by atoms with Gasteiger partial charge in [0.25, 0.3) is 0 Å². The number of anilines is 2. The first kappa shape index (κ1) is 26.8. The van der Waals surface area contributed by atoms with Gasteiger partial charge in [0.1, 0.15) is 5.75 Å². The number of rotatable bonds is 10. The van der Waals surface area contributed by atoms with E-state index in [1.807, 2.05) is 62.4 Å². The monoisotopic (exact) mass is 521 g/mol. The maximum atomic E-state index is 13.3. The highest BCUT2D eigenvalue weighted by Crippen LogP contribution is 2.28. The Morgan fingerprint density at radius 3 is 2.32 bits per heavy atom. The molecule has 8 nitrogen and oxygen atoms in total. The van der Waals surface area contributed by atoms with E-state index < -0.39 is 10.0 Å². The molecule has 0 bridgehead atoms. The van der Waals surface area contributed by atoms with Crippen molar-refractivity contribution >= 4 is 33.8 Å². The number of sulfonamides is 1. The lowest BCUT2D eigenvalue weighted by molar-refractivity contribution is 0.310. The summed E-state index contributed by atoms with van der Waals surface area (Å²) in [5, 5.41) is 3.19. The van der Waals surface area contributed by atoms with Gasteiger partial charge in [-0.25, -0.2) is 18.4 Å². The number of hydrogen-bond acceptors (Lipinski definition) is 7. The Hall–Kier alpha value is -3.27. The van der Waals surface area contributed by atoms with Crippen LogP contribution in [0.3, 0.4) is 0 Å². The van der Waals surface area contributed by atoms with Gasteiger partial charge in [0.2, 0.25) is 16.0 Å². The van der Waals surface area contributed by atoms with E-state index >= 15 is 0 Å². The minimum absolute atomic E-state index is 0.362. The van der Waals surface area contributed by atoms with Crippen molar-refractivity contribution in [2.24, 2.45) is 0 Å². The summed E-state index contributed by atoms with van der Waals surface area (Å²) >= 11 is 0. The summed E-state index contributed by atoms with van der Waals surface area (Å²) < 4.78 is 33.4. The van der Waals surface area contributed by atoms with Crippen LogP contribution in [0.5, 0.6) is 5.75 Å². The van der Waals surface area contributed by atoms with Crippen molar-refractivity contribution in [3.05, 3.63) is 71.0 Å². The van der Waals surface area contributed by atoms with Gasteiger partial charge in [-0.05, 0) is 80.7 Å². The van der Waals surface area contributed by atoms with E-state index in [1.165, 1.54) is 17.1 Å². The number of benzene rings is 2. The third-order valence-electron chi connectivity index (χ3n) is 6.55. The second-order valence-electron chi connectivity index (χ2n) is 9.39. The van der Waals surface area contributed by atoms with Crippen LogP contribution in [0.25, 0.3) is 12.2 Å². The van der Waals surface area contributed by atoms with Crippen molar-refractivity contribution in [2.45, 2.75) is 31.6 Å². The molecule has 0 spiro atoms. The molecule has 3 aromatic rings. The molecule has 196 valence electrons. The molecular formula is C28H35N5O3S. The topological polar surface area (TPSA) is 87.7 Å². The molecule has 1 aromatic heterocycles. The minimum Gasteiger partial charge on any atom is -0.497 e. The van der Waals surface area contributed by atoms with Gasteiger partial charge in [-0.1, -0.05) is 24.3 Å². The maximum Gasteiger partial charge on any atom is 0.243 e. The highest BCUT2D eigenvalue weighted by molar-refractivity contribution is 7.89. The average Bonchev–Trinajstić information content (AvgIpc) is 3.40. The predicted octanol–water partition coefficient (Wildman–Crippen LogP) is 4.73. The summed E-state index contributed by atoms with van der Waals surface area (Å²) in [4.78, 5) is 11.5. The fourth-order valence-electron chi connectivity index (χ4n) is 4.55. The molecule has 4 rings (SSSR count).